The minimum Gasteiger partial charge on any atom is -0.333 e. The van der Waals surface area contributed by atoms with Gasteiger partial charge in [0.2, 0.25) is 0 Å². The Balaban J connectivity index is 0. The number of nitrogens with two attached hydrogens (primary N) is 1. The third-order valence-electron chi connectivity index (χ3n) is 3.66. The molecule has 0 aliphatic carbocycles. The summed E-state index contributed by atoms with van der Waals surface area (Å²) in [7, 11) is 3.67. The van der Waals surface area contributed by atoms with Crippen LogP contribution >= 0.6 is 0 Å². The van der Waals surface area contributed by atoms with E-state index in [2.05, 4.69) is 36.8 Å². The van der Waals surface area contributed by atoms with Crippen molar-refractivity contribution in [2.75, 3.05) is 40.3 Å². The lowest BCUT2D eigenvalue weighted by Gasteiger charge is -2.25. The summed E-state index contributed by atoms with van der Waals surface area (Å²) >= 11 is 0. The van der Waals surface area contributed by atoms with E-state index in [0.717, 1.165) is 11.8 Å². The van der Waals surface area contributed by atoms with Gasteiger partial charge in [-0.25, -0.2) is 0 Å². The average Bonchev–Trinajstić information content (AvgIpc) is 2.96. The summed E-state index contributed by atoms with van der Waals surface area (Å²) in [4.78, 5) is 2.36. The number of likely N-dealkylation sites (tertiary alicyclic amines) is 1. The Morgan fingerprint density at radius 3 is 1.63 bits per heavy atom. The van der Waals surface area contributed by atoms with Crippen molar-refractivity contribution in [1.82, 2.24) is 10.2 Å². The maximum atomic E-state index is 4.50. The van der Waals surface area contributed by atoms with Gasteiger partial charge in [-0.3, -0.25) is 0 Å². The predicted octanol–water partition coefficient (Wildman–Crippen LogP) is 2.96. The summed E-state index contributed by atoms with van der Waals surface area (Å²) < 4.78 is 0. The second-order valence-electron chi connectivity index (χ2n) is 5.34. The van der Waals surface area contributed by atoms with Gasteiger partial charge in [0.25, 0.3) is 0 Å². The Kier molecular flexibility index (Phi) is 17.8. The Hall–Kier alpha value is -0.120. The third kappa shape index (κ3) is 12.6. The lowest BCUT2D eigenvalue weighted by Crippen LogP contribution is -2.29. The summed E-state index contributed by atoms with van der Waals surface area (Å²) in [6, 6.07) is 0. The van der Waals surface area contributed by atoms with Gasteiger partial charge in [-0.15, -0.1) is 0 Å². The molecule has 0 bridgehead atoms. The van der Waals surface area contributed by atoms with E-state index in [0.29, 0.717) is 0 Å². The van der Waals surface area contributed by atoms with Gasteiger partial charge < -0.3 is 16.0 Å². The standard InChI is InChI=1S/C8H17N.C5H11N.C2H6.CH5N/c1-7(2)8-3-5-9-6-4-8;1-6-4-2-3-5-6;2*1-2/h7-9H,3-6H2,1-2H3;2-5H2,1H3;1-2H3;2H2,1H3. The Morgan fingerprint density at radius 1 is 1.00 bits per heavy atom. The molecule has 0 atom stereocenters. The SMILES string of the molecule is CC.CC(C)C1CCNCC1.CN.CN1CCCC1. The van der Waals surface area contributed by atoms with Crippen LogP contribution < -0.4 is 11.1 Å². The van der Waals surface area contributed by atoms with Gasteiger partial charge >= 0.3 is 0 Å². The Morgan fingerprint density at radius 2 is 1.42 bits per heavy atom. The quantitative estimate of drug-likeness (QED) is 0.772. The molecule has 118 valence electrons. The minimum atomic E-state index is 0.895. The van der Waals surface area contributed by atoms with E-state index in [1.54, 1.807) is 0 Å². The predicted molar refractivity (Wildman–Crippen MR) is 88.6 cm³/mol. The van der Waals surface area contributed by atoms with Crippen LogP contribution in [0.4, 0.5) is 0 Å². The maximum Gasteiger partial charge on any atom is -0.00213 e. The van der Waals surface area contributed by atoms with Gasteiger partial charge in [-0.1, -0.05) is 27.7 Å². The van der Waals surface area contributed by atoms with Crippen molar-refractivity contribution in [3.63, 3.8) is 0 Å². The normalized spacial score (nSPS) is 19.6. The van der Waals surface area contributed by atoms with Gasteiger partial charge in [0.1, 0.15) is 0 Å². The van der Waals surface area contributed by atoms with Crippen LogP contribution in [-0.2, 0) is 0 Å². The summed E-state index contributed by atoms with van der Waals surface area (Å²) in [5, 5.41) is 3.37. The Labute approximate surface area is 122 Å². The van der Waals surface area contributed by atoms with Crippen LogP contribution in [0.5, 0.6) is 0 Å². The minimum absolute atomic E-state index is 0.895. The van der Waals surface area contributed by atoms with E-state index in [9.17, 15) is 0 Å². The zero-order valence-corrected chi connectivity index (χ0v) is 14.3. The number of nitrogens with zero attached hydrogens (tertiary/aromatic N) is 1. The molecule has 3 heteroatoms. The highest BCUT2D eigenvalue weighted by atomic mass is 15.1. The van der Waals surface area contributed by atoms with E-state index in [1.165, 1.54) is 58.9 Å². The molecule has 0 unspecified atom stereocenters. The average molecular weight is 274 g/mol. The molecule has 3 N–H and O–H groups in total. The van der Waals surface area contributed by atoms with E-state index in [-0.39, 0.29) is 0 Å². The van der Waals surface area contributed by atoms with Crippen LogP contribution in [0, 0.1) is 11.8 Å². The van der Waals surface area contributed by atoms with Crippen molar-refractivity contribution in [3.8, 4) is 0 Å². The number of rotatable bonds is 1. The van der Waals surface area contributed by atoms with Gasteiger partial charge in [0.15, 0.2) is 0 Å². The molecule has 0 spiro atoms. The molecule has 3 nitrogen and oxygen atoms in total. The summed E-state index contributed by atoms with van der Waals surface area (Å²) in [6.45, 7) is 13.8. The van der Waals surface area contributed by atoms with Gasteiger partial charge in [0, 0.05) is 0 Å². The van der Waals surface area contributed by atoms with E-state index >= 15 is 0 Å². The van der Waals surface area contributed by atoms with Crippen molar-refractivity contribution in [2.24, 2.45) is 17.6 Å². The van der Waals surface area contributed by atoms with Crippen molar-refractivity contribution in [2.45, 2.75) is 53.4 Å². The number of hydrogen-bond acceptors (Lipinski definition) is 3. The fourth-order valence-corrected chi connectivity index (χ4v) is 2.39. The molecule has 0 aromatic heterocycles. The maximum absolute atomic E-state index is 4.50. The zero-order chi connectivity index (χ0) is 15.1. The van der Waals surface area contributed by atoms with Crippen LogP contribution in [0.3, 0.4) is 0 Å². The first-order valence-electron chi connectivity index (χ1n) is 8.17. The Bertz CT molecular complexity index is 148. The smallest absolute Gasteiger partial charge is 0.00213 e. The molecular formula is C16H39N3. The third-order valence-corrected chi connectivity index (χ3v) is 3.66. The first kappa shape index (κ1) is 21.2. The highest BCUT2D eigenvalue weighted by Crippen LogP contribution is 2.20. The van der Waals surface area contributed by atoms with E-state index in [1.807, 2.05) is 13.8 Å². The van der Waals surface area contributed by atoms with Crippen LogP contribution in [0.25, 0.3) is 0 Å². The molecule has 2 aliphatic heterocycles. The van der Waals surface area contributed by atoms with Gasteiger partial charge in [0.05, 0.1) is 0 Å². The highest BCUT2D eigenvalue weighted by molar-refractivity contribution is 4.70. The summed E-state index contributed by atoms with van der Waals surface area (Å²) in [5.41, 5.74) is 4.50. The topological polar surface area (TPSA) is 41.3 Å². The van der Waals surface area contributed by atoms with Crippen molar-refractivity contribution in [3.05, 3.63) is 0 Å². The number of piperidine rings is 1. The fraction of sp³-hybridized carbons (Fsp3) is 1.00. The van der Waals surface area contributed by atoms with Crippen LogP contribution in [0.2, 0.25) is 0 Å². The van der Waals surface area contributed by atoms with Crippen LogP contribution in [0.1, 0.15) is 53.4 Å². The zero-order valence-electron chi connectivity index (χ0n) is 14.3. The molecule has 19 heavy (non-hydrogen) atoms. The summed E-state index contributed by atoms with van der Waals surface area (Å²) in [5.74, 6) is 1.89. The number of hydrogen-bond donors (Lipinski definition) is 2. The number of nitrogens with one attached hydrogen (secondary N) is 1. The van der Waals surface area contributed by atoms with Gasteiger partial charge in [-0.05, 0) is 77.8 Å². The lowest BCUT2D eigenvalue weighted by molar-refractivity contribution is 0.292. The molecule has 0 aromatic rings. The molecule has 2 fully saturated rings. The molecular weight excluding hydrogens is 234 g/mol. The van der Waals surface area contributed by atoms with E-state index < -0.39 is 0 Å². The first-order chi connectivity index (χ1) is 9.20. The first-order valence-corrected chi connectivity index (χ1v) is 8.17. The lowest BCUT2D eigenvalue weighted by atomic mass is 9.87. The molecule has 0 saturated carbocycles. The fourth-order valence-electron chi connectivity index (χ4n) is 2.39. The second-order valence-corrected chi connectivity index (χ2v) is 5.34. The summed E-state index contributed by atoms with van der Waals surface area (Å²) in [6.07, 6.45) is 5.60. The van der Waals surface area contributed by atoms with E-state index in [4.69, 9.17) is 0 Å². The largest absolute Gasteiger partial charge is 0.333 e. The molecule has 2 aliphatic rings. The van der Waals surface area contributed by atoms with Crippen LogP contribution in [0.15, 0.2) is 0 Å². The molecule has 2 heterocycles. The van der Waals surface area contributed by atoms with Gasteiger partial charge in [-0.2, -0.15) is 0 Å². The molecule has 2 saturated heterocycles. The molecule has 0 aromatic carbocycles. The second kappa shape index (κ2) is 15.9. The highest BCUT2D eigenvalue weighted by Gasteiger charge is 2.15. The molecule has 2 rings (SSSR count). The molecule has 0 amide bonds. The monoisotopic (exact) mass is 273 g/mol. The van der Waals surface area contributed by atoms with Crippen LogP contribution in [-0.4, -0.2) is 45.2 Å². The van der Waals surface area contributed by atoms with Crippen molar-refractivity contribution in [1.29, 1.82) is 0 Å². The van der Waals surface area contributed by atoms with Crippen molar-refractivity contribution >= 4 is 0 Å². The molecule has 0 radical (unpaired) electrons. The van der Waals surface area contributed by atoms with Crippen molar-refractivity contribution < 1.29 is 0 Å².